The van der Waals surface area contributed by atoms with Crippen molar-refractivity contribution < 1.29 is 23.5 Å². The van der Waals surface area contributed by atoms with Crippen molar-refractivity contribution in [1.82, 2.24) is 10.0 Å². The Morgan fingerprint density at radius 1 is 1.20 bits per heavy atom. The van der Waals surface area contributed by atoms with Crippen LogP contribution in [-0.4, -0.2) is 59.1 Å². The molecule has 2 aromatic rings. The van der Waals surface area contributed by atoms with E-state index < -0.39 is 0 Å². The molecular weight excluding hydrogens is 424 g/mol. The molecule has 1 amide bonds. The van der Waals surface area contributed by atoms with Gasteiger partial charge in [0.1, 0.15) is 11.5 Å². The number of esters is 1. The number of hydrogen-bond acceptors (Lipinski definition) is 8. The number of amides is 1. The number of carbonyl (C=O) groups excluding carboxylic acids is 2. The van der Waals surface area contributed by atoms with Gasteiger partial charge in [-0.05, 0) is 31.2 Å². The van der Waals surface area contributed by atoms with Crippen molar-refractivity contribution in [1.29, 1.82) is 0 Å². The fraction of sp³-hybridized carbons (Fsp3) is 0.286. The first-order chi connectivity index (χ1) is 14.6. The molecule has 156 valence electrons. The lowest BCUT2D eigenvalue weighted by Gasteiger charge is -2.33. The summed E-state index contributed by atoms with van der Waals surface area (Å²) in [5, 5.41) is 3.47. The molecule has 2 fully saturated rings. The summed E-state index contributed by atoms with van der Waals surface area (Å²) in [4.78, 5) is 25.1. The second-order valence-electron chi connectivity index (χ2n) is 6.56. The third kappa shape index (κ3) is 4.34. The van der Waals surface area contributed by atoms with Gasteiger partial charge < -0.3 is 13.9 Å². The number of thiocarbonyl (C=S) groups is 1. The minimum absolute atomic E-state index is 0.149. The van der Waals surface area contributed by atoms with E-state index in [-0.39, 0.29) is 11.9 Å². The fourth-order valence-electron chi connectivity index (χ4n) is 3.16. The van der Waals surface area contributed by atoms with Gasteiger partial charge in [0.25, 0.3) is 5.91 Å². The van der Waals surface area contributed by atoms with Crippen LogP contribution in [0.1, 0.15) is 23.0 Å². The van der Waals surface area contributed by atoms with E-state index in [1.54, 1.807) is 48.3 Å². The largest absolute Gasteiger partial charge is 0.462 e. The summed E-state index contributed by atoms with van der Waals surface area (Å²) in [6, 6.07) is 10.6. The molecule has 4 rings (SSSR count). The van der Waals surface area contributed by atoms with Gasteiger partial charge in [0.05, 0.1) is 30.3 Å². The molecule has 0 unspecified atom stereocenters. The van der Waals surface area contributed by atoms with Crippen LogP contribution >= 0.6 is 24.0 Å². The number of thioether (sulfide) groups is 1. The highest BCUT2D eigenvalue weighted by Crippen LogP contribution is 2.34. The molecule has 0 spiro atoms. The Bertz CT molecular complexity index is 993. The van der Waals surface area contributed by atoms with Crippen molar-refractivity contribution in [2.45, 2.75) is 6.92 Å². The summed E-state index contributed by atoms with van der Waals surface area (Å²) >= 11 is 6.66. The van der Waals surface area contributed by atoms with Gasteiger partial charge in [-0.3, -0.25) is 4.79 Å². The quantitative estimate of drug-likeness (QED) is 0.394. The molecule has 3 heterocycles. The third-order valence-corrected chi connectivity index (χ3v) is 5.91. The van der Waals surface area contributed by atoms with Crippen molar-refractivity contribution in [2.75, 3.05) is 32.9 Å². The lowest BCUT2D eigenvalue weighted by atomic mass is 10.1. The monoisotopic (exact) mass is 444 g/mol. The van der Waals surface area contributed by atoms with Crippen molar-refractivity contribution >= 4 is 46.3 Å². The van der Waals surface area contributed by atoms with Crippen molar-refractivity contribution in [3.05, 3.63) is 52.6 Å². The third-order valence-electron chi connectivity index (χ3n) is 4.62. The molecule has 0 N–H and O–H groups in total. The Balaban J connectivity index is 1.49. The Morgan fingerprint density at radius 2 is 1.93 bits per heavy atom. The molecule has 1 aromatic heterocycles. The van der Waals surface area contributed by atoms with Crippen LogP contribution in [0.3, 0.4) is 0 Å². The molecule has 0 radical (unpaired) electrons. The van der Waals surface area contributed by atoms with E-state index >= 15 is 0 Å². The molecule has 2 aliphatic heterocycles. The number of nitrogens with zero attached hydrogens (tertiary/aromatic N) is 2. The molecule has 0 atom stereocenters. The van der Waals surface area contributed by atoms with E-state index in [0.29, 0.717) is 59.2 Å². The summed E-state index contributed by atoms with van der Waals surface area (Å²) in [6.07, 6.45) is 1.70. The van der Waals surface area contributed by atoms with E-state index in [2.05, 4.69) is 0 Å². The van der Waals surface area contributed by atoms with Crippen LogP contribution < -0.4 is 0 Å². The lowest BCUT2D eigenvalue weighted by molar-refractivity contribution is -0.138. The van der Waals surface area contributed by atoms with E-state index in [0.717, 1.165) is 5.56 Å². The van der Waals surface area contributed by atoms with Gasteiger partial charge in [0.2, 0.25) is 0 Å². The maximum atomic E-state index is 12.8. The number of morpholine rings is 1. The van der Waals surface area contributed by atoms with E-state index in [1.165, 1.54) is 11.8 Å². The number of carbonyl (C=O) groups is 2. The number of benzene rings is 1. The summed E-state index contributed by atoms with van der Waals surface area (Å²) in [5.41, 5.74) is 1.31. The minimum atomic E-state index is -0.355. The van der Waals surface area contributed by atoms with E-state index in [4.69, 9.17) is 26.1 Å². The summed E-state index contributed by atoms with van der Waals surface area (Å²) in [5.74, 6) is 0.692. The van der Waals surface area contributed by atoms with Gasteiger partial charge in [-0.2, -0.15) is 0 Å². The highest BCUT2D eigenvalue weighted by molar-refractivity contribution is 8.26. The minimum Gasteiger partial charge on any atom is -0.462 e. The Hall–Kier alpha value is -2.46. The SMILES string of the molecule is CCOC(=O)c1ccc(-c2ccc(/C=C3/SC(=S)N(N4CCOCC4)C3=O)o2)cc1. The second kappa shape index (κ2) is 9.13. The molecule has 1 aromatic carbocycles. The molecule has 30 heavy (non-hydrogen) atoms. The van der Waals surface area contributed by atoms with Gasteiger partial charge >= 0.3 is 5.97 Å². The average Bonchev–Trinajstić information content (AvgIpc) is 3.33. The Morgan fingerprint density at radius 3 is 2.63 bits per heavy atom. The van der Waals surface area contributed by atoms with Crippen molar-refractivity contribution in [3.63, 3.8) is 0 Å². The molecule has 0 bridgehead atoms. The van der Waals surface area contributed by atoms with Crippen LogP contribution in [0.25, 0.3) is 17.4 Å². The van der Waals surface area contributed by atoms with Crippen molar-refractivity contribution in [3.8, 4) is 11.3 Å². The maximum absolute atomic E-state index is 12.8. The predicted octanol–water partition coefficient (Wildman–Crippen LogP) is 3.57. The van der Waals surface area contributed by atoms with Gasteiger partial charge in [-0.25, -0.2) is 14.8 Å². The number of hydrogen-bond donors (Lipinski definition) is 0. The number of hydrazine groups is 1. The number of rotatable bonds is 5. The zero-order valence-electron chi connectivity index (χ0n) is 16.3. The zero-order valence-corrected chi connectivity index (χ0v) is 18.0. The summed E-state index contributed by atoms with van der Waals surface area (Å²) in [6.45, 7) is 4.52. The highest BCUT2D eigenvalue weighted by atomic mass is 32.2. The van der Waals surface area contributed by atoms with Crippen LogP contribution in [0.4, 0.5) is 0 Å². The molecule has 7 nitrogen and oxygen atoms in total. The van der Waals surface area contributed by atoms with Gasteiger partial charge in [0.15, 0.2) is 4.32 Å². The smallest absolute Gasteiger partial charge is 0.338 e. The van der Waals surface area contributed by atoms with Crippen LogP contribution in [0.5, 0.6) is 0 Å². The number of furan rings is 1. The molecule has 0 saturated carbocycles. The molecule has 2 aliphatic rings. The van der Waals surface area contributed by atoms with Crippen molar-refractivity contribution in [2.24, 2.45) is 0 Å². The lowest BCUT2D eigenvalue weighted by Crippen LogP contribution is -2.50. The van der Waals surface area contributed by atoms with Gasteiger partial charge in [0, 0.05) is 24.7 Å². The normalized spacial score (nSPS) is 19.0. The molecule has 0 aliphatic carbocycles. The predicted molar refractivity (Wildman–Crippen MR) is 118 cm³/mol. The van der Waals surface area contributed by atoms with Gasteiger partial charge in [-0.15, -0.1) is 0 Å². The van der Waals surface area contributed by atoms with Crippen LogP contribution in [0.2, 0.25) is 0 Å². The summed E-state index contributed by atoms with van der Waals surface area (Å²) < 4.78 is 16.7. The van der Waals surface area contributed by atoms with Crippen LogP contribution in [-0.2, 0) is 14.3 Å². The zero-order chi connectivity index (χ0) is 21.1. The highest BCUT2D eigenvalue weighted by Gasteiger charge is 2.37. The van der Waals surface area contributed by atoms with E-state index in [9.17, 15) is 9.59 Å². The number of ether oxygens (including phenoxy) is 2. The maximum Gasteiger partial charge on any atom is 0.338 e. The Kier molecular flexibility index (Phi) is 6.33. The first-order valence-corrected chi connectivity index (χ1v) is 10.8. The van der Waals surface area contributed by atoms with E-state index in [1.807, 2.05) is 11.1 Å². The average molecular weight is 445 g/mol. The molecule has 2 saturated heterocycles. The van der Waals surface area contributed by atoms with Crippen LogP contribution in [0, 0.1) is 0 Å². The second-order valence-corrected chi connectivity index (χ2v) is 8.24. The fourth-order valence-corrected chi connectivity index (χ4v) is 4.45. The Labute approximate surface area is 183 Å². The first kappa shape index (κ1) is 20.8. The van der Waals surface area contributed by atoms with Crippen LogP contribution in [0.15, 0.2) is 45.7 Å². The molecule has 9 heteroatoms. The van der Waals surface area contributed by atoms with Gasteiger partial charge in [-0.1, -0.05) is 36.1 Å². The molecular formula is C21H20N2O5S2. The standard InChI is InChI=1S/C21H20N2O5S2/c1-2-27-20(25)15-5-3-14(4-6-15)17-8-7-16(28-17)13-18-19(24)23(21(29)30-18)22-9-11-26-12-10-22/h3-8,13H,2,9-12H2,1H3/b18-13+. The first-order valence-electron chi connectivity index (χ1n) is 9.55. The topological polar surface area (TPSA) is 72.2 Å². The summed E-state index contributed by atoms with van der Waals surface area (Å²) in [7, 11) is 0.